The van der Waals surface area contributed by atoms with Gasteiger partial charge in [-0.15, -0.1) is 0 Å². The molecule has 0 saturated carbocycles. The molecule has 4 rings (SSSR count). The van der Waals surface area contributed by atoms with E-state index in [0.717, 1.165) is 12.8 Å². The number of nitrogens with one attached hydrogen (secondary N) is 1. The van der Waals surface area contributed by atoms with Gasteiger partial charge >= 0.3 is 0 Å². The highest BCUT2D eigenvalue weighted by Crippen LogP contribution is 2.36. The number of hydrogen-bond donors (Lipinski definition) is 1. The Morgan fingerprint density at radius 1 is 1.42 bits per heavy atom. The Hall–Kier alpha value is -2.41. The van der Waals surface area contributed by atoms with Crippen molar-refractivity contribution < 1.29 is 13.9 Å². The summed E-state index contributed by atoms with van der Waals surface area (Å²) in [6.45, 7) is 3.73. The SMILES string of the molecule is Cc1occc1C(=O)N1CC[C@@]2(C[C@H](Nc3ncccn3)CO2)C1. The third kappa shape index (κ3) is 2.75. The van der Waals surface area contributed by atoms with Gasteiger partial charge in [-0.05, 0) is 25.5 Å². The molecule has 2 aromatic rings. The minimum absolute atomic E-state index is 0.0181. The van der Waals surface area contributed by atoms with Gasteiger partial charge in [0.1, 0.15) is 5.76 Å². The number of ether oxygens (including phenoxy) is 1. The van der Waals surface area contributed by atoms with Gasteiger partial charge in [-0.25, -0.2) is 9.97 Å². The molecule has 2 atom stereocenters. The molecule has 126 valence electrons. The minimum Gasteiger partial charge on any atom is -0.469 e. The molecule has 4 heterocycles. The third-order valence-corrected chi connectivity index (χ3v) is 4.80. The fraction of sp³-hybridized carbons (Fsp3) is 0.471. The topological polar surface area (TPSA) is 80.5 Å². The molecule has 2 saturated heterocycles. The second kappa shape index (κ2) is 5.90. The van der Waals surface area contributed by atoms with Crippen LogP contribution in [0.3, 0.4) is 0 Å². The van der Waals surface area contributed by atoms with Crippen molar-refractivity contribution in [3.05, 3.63) is 42.1 Å². The van der Waals surface area contributed by atoms with Gasteiger partial charge in [0, 0.05) is 25.4 Å². The van der Waals surface area contributed by atoms with Gasteiger partial charge in [-0.3, -0.25) is 4.79 Å². The molecule has 0 unspecified atom stereocenters. The summed E-state index contributed by atoms with van der Waals surface area (Å²) in [5.41, 5.74) is 0.372. The summed E-state index contributed by atoms with van der Waals surface area (Å²) in [6.07, 6.45) is 6.68. The summed E-state index contributed by atoms with van der Waals surface area (Å²) >= 11 is 0. The molecule has 2 fully saturated rings. The average molecular weight is 328 g/mol. The number of carbonyl (C=O) groups is 1. The van der Waals surface area contributed by atoms with Gasteiger partial charge in [0.15, 0.2) is 0 Å². The monoisotopic (exact) mass is 328 g/mol. The Bertz CT molecular complexity index is 732. The van der Waals surface area contributed by atoms with Gasteiger partial charge in [0.2, 0.25) is 5.95 Å². The third-order valence-electron chi connectivity index (χ3n) is 4.80. The lowest BCUT2D eigenvalue weighted by molar-refractivity contribution is 0.0124. The molecule has 0 aromatic carbocycles. The van der Waals surface area contributed by atoms with Crippen LogP contribution in [0.2, 0.25) is 0 Å². The summed E-state index contributed by atoms with van der Waals surface area (Å²) in [6, 6.07) is 3.68. The highest BCUT2D eigenvalue weighted by Gasteiger charge is 2.47. The molecule has 7 nitrogen and oxygen atoms in total. The Morgan fingerprint density at radius 2 is 2.25 bits per heavy atom. The minimum atomic E-state index is -0.264. The molecule has 2 aliphatic rings. The van der Waals surface area contributed by atoms with Gasteiger partial charge in [-0.2, -0.15) is 0 Å². The van der Waals surface area contributed by atoms with Crippen LogP contribution in [0.4, 0.5) is 5.95 Å². The Kier molecular flexibility index (Phi) is 3.72. The number of carbonyl (C=O) groups excluding carboxylic acids is 1. The van der Waals surface area contributed by atoms with Crippen LogP contribution in [0.15, 0.2) is 35.2 Å². The number of nitrogens with zero attached hydrogens (tertiary/aromatic N) is 3. The van der Waals surface area contributed by atoms with E-state index in [0.29, 0.717) is 37.0 Å². The number of anilines is 1. The van der Waals surface area contributed by atoms with Crippen LogP contribution in [0.25, 0.3) is 0 Å². The second-order valence-corrected chi connectivity index (χ2v) is 6.48. The van der Waals surface area contributed by atoms with E-state index in [9.17, 15) is 4.79 Å². The second-order valence-electron chi connectivity index (χ2n) is 6.48. The van der Waals surface area contributed by atoms with Crippen molar-refractivity contribution in [2.24, 2.45) is 0 Å². The van der Waals surface area contributed by atoms with Crippen molar-refractivity contribution in [2.75, 3.05) is 25.0 Å². The number of rotatable bonds is 3. The van der Waals surface area contributed by atoms with Crippen molar-refractivity contribution >= 4 is 11.9 Å². The first-order chi connectivity index (χ1) is 11.7. The van der Waals surface area contributed by atoms with E-state index in [-0.39, 0.29) is 17.6 Å². The van der Waals surface area contributed by atoms with Gasteiger partial charge in [-0.1, -0.05) is 0 Å². The fourth-order valence-electron chi connectivity index (χ4n) is 3.57. The van der Waals surface area contributed by atoms with E-state index in [2.05, 4.69) is 15.3 Å². The molecule has 0 radical (unpaired) electrons. The number of likely N-dealkylation sites (tertiary alicyclic amines) is 1. The lowest BCUT2D eigenvalue weighted by Gasteiger charge is -2.23. The molecular weight excluding hydrogens is 308 g/mol. The number of aryl methyl sites for hydroxylation is 1. The predicted molar refractivity (Wildman–Crippen MR) is 86.7 cm³/mol. The Labute approximate surface area is 140 Å². The zero-order valence-corrected chi connectivity index (χ0v) is 13.6. The van der Waals surface area contributed by atoms with Crippen LogP contribution in [-0.4, -0.2) is 52.1 Å². The molecule has 1 amide bonds. The first-order valence-corrected chi connectivity index (χ1v) is 8.16. The molecule has 24 heavy (non-hydrogen) atoms. The zero-order valence-electron chi connectivity index (χ0n) is 13.6. The molecule has 1 spiro atoms. The highest BCUT2D eigenvalue weighted by molar-refractivity contribution is 5.95. The van der Waals surface area contributed by atoms with Crippen LogP contribution >= 0.6 is 0 Å². The summed E-state index contributed by atoms with van der Waals surface area (Å²) in [4.78, 5) is 22.9. The van der Waals surface area contributed by atoms with E-state index >= 15 is 0 Å². The standard InChI is InChI=1S/C17H20N4O3/c1-12-14(3-8-23-12)15(22)21-7-4-17(11-21)9-13(10-24-17)20-16-18-5-2-6-19-16/h2-3,5-6,8,13H,4,7,9-11H2,1H3,(H,18,19,20)/t13-,17+/m0/s1. The maximum atomic E-state index is 12.6. The smallest absolute Gasteiger partial charge is 0.257 e. The summed E-state index contributed by atoms with van der Waals surface area (Å²) < 4.78 is 11.3. The molecular formula is C17H20N4O3. The molecule has 0 bridgehead atoms. The largest absolute Gasteiger partial charge is 0.469 e. The number of hydrogen-bond acceptors (Lipinski definition) is 6. The van der Waals surface area contributed by atoms with Gasteiger partial charge in [0.05, 0.1) is 36.6 Å². The van der Waals surface area contributed by atoms with E-state index in [4.69, 9.17) is 9.15 Å². The fourth-order valence-corrected chi connectivity index (χ4v) is 3.57. The quantitative estimate of drug-likeness (QED) is 0.926. The first-order valence-electron chi connectivity index (χ1n) is 8.16. The number of amides is 1. The Balaban J connectivity index is 1.40. The maximum absolute atomic E-state index is 12.6. The van der Waals surface area contributed by atoms with Crippen LogP contribution in [0.5, 0.6) is 0 Å². The van der Waals surface area contributed by atoms with Crippen molar-refractivity contribution in [1.82, 2.24) is 14.9 Å². The van der Waals surface area contributed by atoms with Crippen molar-refractivity contribution in [1.29, 1.82) is 0 Å². The van der Waals surface area contributed by atoms with Crippen molar-refractivity contribution in [2.45, 2.75) is 31.4 Å². The highest BCUT2D eigenvalue weighted by atomic mass is 16.5. The van der Waals surface area contributed by atoms with E-state index in [1.165, 1.54) is 0 Å². The van der Waals surface area contributed by atoms with Crippen LogP contribution < -0.4 is 5.32 Å². The summed E-state index contributed by atoms with van der Waals surface area (Å²) in [7, 11) is 0. The number of aromatic nitrogens is 2. The Morgan fingerprint density at radius 3 is 3.00 bits per heavy atom. The van der Waals surface area contributed by atoms with Crippen LogP contribution in [-0.2, 0) is 4.74 Å². The average Bonchev–Trinajstić information content (AvgIpc) is 3.30. The molecule has 0 aliphatic carbocycles. The molecule has 2 aliphatic heterocycles. The van der Waals surface area contributed by atoms with Crippen molar-refractivity contribution in [3.63, 3.8) is 0 Å². The van der Waals surface area contributed by atoms with Crippen molar-refractivity contribution in [3.8, 4) is 0 Å². The summed E-state index contributed by atoms with van der Waals surface area (Å²) in [5, 5.41) is 3.31. The molecule has 2 aromatic heterocycles. The van der Waals surface area contributed by atoms with Crippen LogP contribution in [0.1, 0.15) is 29.0 Å². The number of furan rings is 1. The first kappa shape index (κ1) is 15.1. The lowest BCUT2D eigenvalue weighted by Crippen LogP contribution is -2.36. The molecule has 7 heteroatoms. The molecule has 1 N–H and O–H groups in total. The summed E-state index contributed by atoms with van der Waals surface area (Å²) in [5.74, 6) is 1.29. The predicted octanol–water partition coefficient (Wildman–Crippen LogP) is 1.86. The normalized spacial score (nSPS) is 26.2. The van der Waals surface area contributed by atoms with E-state index < -0.39 is 0 Å². The van der Waals surface area contributed by atoms with Gasteiger partial charge < -0.3 is 19.4 Å². The van der Waals surface area contributed by atoms with Crippen LogP contribution in [0, 0.1) is 6.92 Å². The van der Waals surface area contributed by atoms with E-state index in [1.807, 2.05) is 11.8 Å². The maximum Gasteiger partial charge on any atom is 0.257 e. The van der Waals surface area contributed by atoms with Gasteiger partial charge in [0.25, 0.3) is 5.91 Å². The van der Waals surface area contributed by atoms with E-state index in [1.54, 1.807) is 30.8 Å². The lowest BCUT2D eigenvalue weighted by atomic mass is 9.97. The zero-order chi connectivity index (χ0) is 16.6.